The van der Waals surface area contributed by atoms with Crippen molar-refractivity contribution in [1.82, 2.24) is 9.80 Å². The van der Waals surface area contributed by atoms with Crippen molar-refractivity contribution in [2.75, 3.05) is 32.8 Å². The van der Waals surface area contributed by atoms with Crippen LogP contribution in [0.2, 0.25) is 0 Å². The van der Waals surface area contributed by atoms with Crippen LogP contribution in [0.5, 0.6) is 0 Å². The highest BCUT2D eigenvalue weighted by molar-refractivity contribution is 4.84. The maximum absolute atomic E-state index is 6.02. The van der Waals surface area contributed by atoms with Crippen molar-refractivity contribution in [3.8, 4) is 0 Å². The Morgan fingerprint density at radius 1 is 1.25 bits per heavy atom. The Balaban J connectivity index is 1.83. The standard InChI is InChI=1S/C16H33N3O/c1-4-18(15-7-5-14(17)6-8-15)11-16-12-19(13(2)3)9-10-20-16/h13-16H,4-12,17H2,1-3H3. The molecule has 0 spiro atoms. The molecule has 118 valence electrons. The van der Waals surface area contributed by atoms with E-state index in [-0.39, 0.29) is 0 Å². The van der Waals surface area contributed by atoms with Crippen LogP contribution in [0, 0.1) is 0 Å². The van der Waals surface area contributed by atoms with Gasteiger partial charge in [-0.2, -0.15) is 0 Å². The van der Waals surface area contributed by atoms with E-state index in [1.54, 1.807) is 0 Å². The highest BCUT2D eigenvalue weighted by Crippen LogP contribution is 2.23. The fourth-order valence-electron chi connectivity index (χ4n) is 3.59. The monoisotopic (exact) mass is 283 g/mol. The molecule has 0 aromatic carbocycles. The minimum atomic E-state index is 0.377. The molecule has 2 aliphatic rings. The van der Waals surface area contributed by atoms with Crippen molar-refractivity contribution in [2.45, 2.75) is 70.7 Å². The molecule has 1 saturated heterocycles. The zero-order valence-corrected chi connectivity index (χ0v) is 13.6. The largest absolute Gasteiger partial charge is 0.374 e. The number of nitrogens with zero attached hydrogens (tertiary/aromatic N) is 2. The van der Waals surface area contributed by atoms with Gasteiger partial charge in [0, 0.05) is 37.8 Å². The Labute approximate surface area is 124 Å². The molecule has 1 heterocycles. The number of likely N-dealkylation sites (N-methyl/N-ethyl adjacent to an activating group) is 1. The van der Waals surface area contributed by atoms with Gasteiger partial charge in [-0.1, -0.05) is 6.92 Å². The molecule has 0 aromatic heterocycles. The molecular formula is C16H33N3O. The van der Waals surface area contributed by atoms with Crippen molar-refractivity contribution >= 4 is 0 Å². The highest BCUT2D eigenvalue weighted by atomic mass is 16.5. The maximum atomic E-state index is 6.02. The number of morpholine rings is 1. The Kier molecular flexibility index (Phi) is 6.27. The van der Waals surface area contributed by atoms with Crippen LogP contribution in [-0.2, 0) is 4.74 Å². The summed E-state index contributed by atoms with van der Waals surface area (Å²) in [6.45, 7) is 12.1. The topological polar surface area (TPSA) is 41.7 Å². The third kappa shape index (κ3) is 4.42. The van der Waals surface area contributed by atoms with Crippen LogP contribution in [0.3, 0.4) is 0 Å². The lowest BCUT2D eigenvalue weighted by Crippen LogP contribution is -2.52. The number of ether oxygens (including phenoxy) is 1. The number of nitrogens with two attached hydrogens (primary N) is 1. The Bertz CT molecular complexity index is 277. The number of hydrogen-bond donors (Lipinski definition) is 1. The zero-order valence-electron chi connectivity index (χ0n) is 13.6. The lowest BCUT2D eigenvalue weighted by molar-refractivity contribution is -0.0581. The van der Waals surface area contributed by atoms with Gasteiger partial charge in [0.1, 0.15) is 0 Å². The predicted molar refractivity (Wildman–Crippen MR) is 83.9 cm³/mol. The van der Waals surface area contributed by atoms with Crippen molar-refractivity contribution in [3.63, 3.8) is 0 Å². The molecular weight excluding hydrogens is 250 g/mol. The van der Waals surface area contributed by atoms with Crippen LogP contribution in [0.1, 0.15) is 46.5 Å². The van der Waals surface area contributed by atoms with Gasteiger partial charge >= 0.3 is 0 Å². The lowest BCUT2D eigenvalue weighted by Gasteiger charge is -2.41. The summed E-state index contributed by atoms with van der Waals surface area (Å²) in [4.78, 5) is 5.17. The second kappa shape index (κ2) is 7.74. The summed E-state index contributed by atoms with van der Waals surface area (Å²) in [6, 6.07) is 1.79. The third-order valence-corrected chi connectivity index (χ3v) is 5.00. The maximum Gasteiger partial charge on any atom is 0.0829 e. The average Bonchev–Trinajstić information content (AvgIpc) is 2.46. The van der Waals surface area contributed by atoms with Crippen molar-refractivity contribution in [1.29, 1.82) is 0 Å². The summed E-state index contributed by atoms with van der Waals surface area (Å²) in [5.74, 6) is 0. The molecule has 0 amide bonds. The average molecular weight is 283 g/mol. The summed E-state index contributed by atoms with van der Waals surface area (Å²) in [5.41, 5.74) is 6.02. The first-order valence-corrected chi connectivity index (χ1v) is 8.45. The van der Waals surface area contributed by atoms with Crippen molar-refractivity contribution in [2.24, 2.45) is 5.73 Å². The summed E-state index contributed by atoms with van der Waals surface area (Å²) >= 11 is 0. The van der Waals surface area contributed by atoms with Gasteiger partial charge in [0.25, 0.3) is 0 Å². The van der Waals surface area contributed by atoms with Gasteiger partial charge in [-0.25, -0.2) is 0 Å². The van der Waals surface area contributed by atoms with Gasteiger partial charge in [0.2, 0.25) is 0 Å². The van der Waals surface area contributed by atoms with E-state index in [1.807, 2.05) is 0 Å². The van der Waals surface area contributed by atoms with Crippen LogP contribution in [0.15, 0.2) is 0 Å². The third-order valence-electron chi connectivity index (χ3n) is 5.00. The van der Waals surface area contributed by atoms with E-state index in [0.29, 0.717) is 18.2 Å². The van der Waals surface area contributed by atoms with Crippen LogP contribution in [0.4, 0.5) is 0 Å². The Morgan fingerprint density at radius 3 is 2.55 bits per heavy atom. The fraction of sp³-hybridized carbons (Fsp3) is 1.00. The first-order valence-electron chi connectivity index (χ1n) is 8.45. The first-order chi connectivity index (χ1) is 9.60. The van der Waals surface area contributed by atoms with Crippen LogP contribution in [-0.4, -0.2) is 66.8 Å². The predicted octanol–water partition coefficient (Wildman–Crippen LogP) is 1.69. The molecule has 0 aromatic rings. The molecule has 0 bridgehead atoms. The quantitative estimate of drug-likeness (QED) is 0.834. The minimum Gasteiger partial charge on any atom is -0.374 e. The molecule has 1 aliphatic heterocycles. The zero-order chi connectivity index (χ0) is 14.5. The number of rotatable bonds is 5. The van der Waals surface area contributed by atoms with Crippen molar-refractivity contribution < 1.29 is 4.74 Å². The summed E-state index contributed by atoms with van der Waals surface area (Å²) in [6.07, 6.45) is 5.27. The van der Waals surface area contributed by atoms with Gasteiger partial charge in [0.15, 0.2) is 0 Å². The van der Waals surface area contributed by atoms with Crippen LogP contribution < -0.4 is 5.73 Å². The summed E-state index contributed by atoms with van der Waals surface area (Å²) < 4.78 is 5.99. The van der Waals surface area contributed by atoms with E-state index >= 15 is 0 Å². The molecule has 1 saturated carbocycles. The molecule has 4 heteroatoms. The van der Waals surface area contributed by atoms with Gasteiger partial charge in [-0.3, -0.25) is 9.80 Å². The second-order valence-electron chi connectivity index (χ2n) is 6.74. The van der Waals surface area contributed by atoms with E-state index in [1.165, 1.54) is 25.7 Å². The Hall–Kier alpha value is -0.160. The molecule has 0 radical (unpaired) electrons. The summed E-state index contributed by atoms with van der Waals surface area (Å²) in [7, 11) is 0. The molecule has 1 atom stereocenters. The number of hydrogen-bond acceptors (Lipinski definition) is 4. The van der Waals surface area contributed by atoms with Gasteiger partial charge in [-0.05, 0) is 46.1 Å². The highest BCUT2D eigenvalue weighted by Gasteiger charge is 2.28. The smallest absolute Gasteiger partial charge is 0.0829 e. The molecule has 2 fully saturated rings. The molecule has 2 rings (SSSR count). The molecule has 2 N–H and O–H groups in total. The normalized spacial score (nSPS) is 33.0. The molecule has 1 unspecified atom stereocenters. The molecule has 20 heavy (non-hydrogen) atoms. The van der Waals surface area contributed by atoms with E-state index in [9.17, 15) is 0 Å². The van der Waals surface area contributed by atoms with Crippen molar-refractivity contribution in [3.05, 3.63) is 0 Å². The van der Waals surface area contributed by atoms with E-state index in [0.717, 1.165) is 38.8 Å². The molecule has 1 aliphatic carbocycles. The second-order valence-corrected chi connectivity index (χ2v) is 6.74. The first kappa shape index (κ1) is 16.2. The lowest BCUT2D eigenvalue weighted by atomic mass is 9.90. The van der Waals surface area contributed by atoms with E-state index < -0.39 is 0 Å². The summed E-state index contributed by atoms with van der Waals surface area (Å²) in [5, 5.41) is 0. The van der Waals surface area contributed by atoms with Gasteiger partial charge in [0.05, 0.1) is 12.7 Å². The van der Waals surface area contributed by atoms with Gasteiger partial charge < -0.3 is 10.5 Å². The minimum absolute atomic E-state index is 0.377. The van der Waals surface area contributed by atoms with E-state index in [4.69, 9.17) is 10.5 Å². The fourth-order valence-corrected chi connectivity index (χ4v) is 3.59. The SMILES string of the molecule is CCN(CC1CN(C(C)C)CCO1)C1CCC(N)CC1. The van der Waals surface area contributed by atoms with Crippen LogP contribution >= 0.6 is 0 Å². The van der Waals surface area contributed by atoms with Gasteiger partial charge in [-0.15, -0.1) is 0 Å². The Morgan fingerprint density at radius 2 is 1.95 bits per heavy atom. The van der Waals surface area contributed by atoms with Crippen LogP contribution in [0.25, 0.3) is 0 Å². The molecule has 4 nitrogen and oxygen atoms in total. The van der Waals surface area contributed by atoms with E-state index in [2.05, 4.69) is 30.6 Å².